The highest BCUT2D eigenvalue weighted by Crippen LogP contribution is 2.28. The van der Waals surface area contributed by atoms with Gasteiger partial charge in [-0.1, -0.05) is 74.2 Å². The van der Waals surface area contributed by atoms with E-state index in [1.54, 1.807) is 6.26 Å². The average Bonchev–Trinajstić information content (AvgIpc) is 3.45. The van der Waals surface area contributed by atoms with Crippen LogP contribution in [0.2, 0.25) is 0 Å². The molecular weight excluding hydrogens is 420 g/mol. The number of nitrogens with zero attached hydrogens (tertiary/aromatic N) is 3. The van der Waals surface area contributed by atoms with E-state index in [9.17, 15) is 4.79 Å². The molecule has 1 N–H and O–H groups in total. The predicted octanol–water partition coefficient (Wildman–Crippen LogP) is 5.09. The van der Waals surface area contributed by atoms with Crippen molar-refractivity contribution in [3.8, 4) is 11.6 Å². The van der Waals surface area contributed by atoms with E-state index in [2.05, 4.69) is 59.7 Å². The lowest BCUT2D eigenvalue weighted by Gasteiger charge is -2.21. The number of hydrogen-bond donors (Lipinski definition) is 1. The largest absolute Gasteiger partial charge is 0.461 e. The normalized spacial score (nSPS) is 16.8. The molecule has 0 radical (unpaired) electrons. The number of nitrogens with one attached hydrogen (secondary N) is 1. The summed E-state index contributed by atoms with van der Waals surface area (Å²) in [4.78, 5) is 12.9. The molecule has 0 fully saturated rings. The smallest absolute Gasteiger partial charge is 0.233 e. The SMILES string of the molecule is CC(C)C1=CCC(NC(=O)C(C)Sc2nnc(-c3ccco3)n2Cc2ccccc2)C=C1. The second-order valence-corrected chi connectivity index (χ2v) is 9.49. The minimum absolute atomic E-state index is 0.0140. The van der Waals surface area contributed by atoms with Crippen LogP contribution in [0.3, 0.4) is 0 Å². The predicted molar refractivity (Wildman–Crippen MR) is 127 cm³/mol. The van der Waals surface area contributed by atoms with Crippen LogP contribution >= 0.6 is 11.8 Å². The van der Waals surface area contributed by atoms with Crippen LogP contribution in [0.5, 0.6) is 0 Å². The quantitative estimate of drug-likeness (QED) is 0.486. The number of rotatable bonds is 8. The first kappa shape index (κ1) is 22.1. The Kier molecular flexibility index (Phi) is 6.95. The van der Waals surface area contributed by atoms with E-state index in [1.807, 2.05) is 41.8 Å². The van der Waals surface area contributed by atoms with Crippen LogP contribution in [0.4, 0.5) is 0 Å². The van der Waals surface area contributed by atoms with Crippen molar-refractivity contribution in [2.75, 3.05) is 0 Å². The lowest BCUT2D eigenvalue weighted by Crippen LogP contribution is -2.38. The molecule has 1 aliphatic rings. The Morgan fingerprint density at radius 3 is 2.66 bits per heavy atom. The van der Waals surface area contributed by atoms with E-state index >= 15 is 0 Å². The molecule has 1 aromatic carbocycles. The van der Waals surface area contributed by atoms with Gasteiger partial charge in [0.05, 0.1) is 24.1 Å². The third-order valence-corrected chi connectivity index (χ3v) is 6.50. The molecule has 4 rings (SSSR count). The summed E-state index contributed by atoms with van der Waals surface area (Å²) in [5.41, 5.74) is 2.44. The molecule has 6 nitrogen and oxygen atoms in total. The summed E-state index contributed by atoms with van der Waals surface area (Å²) in [5, 5.41) is 12.2. The standard InChI is InChI=1S/C25H28N4O2S/c1-17(2)20-11-13-21(14-12-20)26-24(30)18(3)32-25-28-27-23(22-10-7-15-31-22)29(25)16-19-8-5-4-6-9-19/h4-13,15,17-18,21H,14,16H2,1-3H3,(H,26,30). The molecule has 3 aromatic rings. The molecule has 0 spiro atoms. The van der Waals surface area contributed by atoms with Crippen LogP contribution in [0.25, 0.3) is 11.6 Å². The Morgan fingerprint density at radius 1 is 1.19 bits per heavy atom. The van der Waals surface area contributed by atoms with Gasteiger partial charge in [-0.2, -0.15) is 0 Å². The summed E-state index contributed by atoms with van der Waals surface area (Å²) in [5.74, 6) is 1.78. The van der Waals surface area contributed by atoms with Crippen molar-refractivity contribution in [1.82, 2.24) is 20.1 Å². The lowest BCUT2D eigenvalue weighted by atomic mass is 9.95. The molecule has 2 unspecified atom stereocenters. The number of amides is 1. The van der Waals surface area contributed by atoms with Crippen LogP contribution in [-0.2, 0) is 11.3 Å². The third kappa shape index (κ3) is 5.22. The van der Waals surface area contributed by atoms with Gasteiger partial charge in [0.25, 0.3) is 0 Å². The zero-order valence-electron chi connectivity index (χ0n) is 18.6. The average molecular weight is 449 g/mol. The number of benzene rings is 1. The lowest BCUT2D eigenvalue weighted by molar-refractivity contribution is -0.120. The van der Waals surface area contributed by atoms with Crippen molar-refractivity contribution in [1.29, 1.82) is 0 Å². The number of aromatic nitrogens is 3. The minimum Gasteiger partial charge on any atom is -0.461 e. The first-order valence-electron chi connectivity index (χ1n) is 10.9. The number of carbonyl (C=O) groups is 1. The van der Waals surface area contributed by atoms with Crippen molar-refractivity contribution in [3.05, 3.63) is 78.1 Å². The molecule has 0 saturated heterocycles. The molecule has 7 heteroatoms. The van der Waals surface area contributed by atoms with Crippen molar-refractivity contribution in [2.24, 2.45) is 5.92 Å². The molecule has 0 saturated carbocycles. The summed E-state index contributed by atoms with van der Waals surface area (Å²) < 4.78 is 7.57. The molecule has 166 valence electrons. The monoisotopic (exact) mass is 448 g/mol. The maximum absolute atomic E-state index is 12.9. The fourth-order valence-corrected chi connectivity index (χ4v) is 4.41. The Bertz CT molecular complexity index is 1100. The molecule has 32 heavy (non-hydrogen) atoms. The zero-order valence-corrected chi connectivity index (χ0v) is 19.4. The van der Waals surface area contributed by atoms with Crippen LogP contribution in [-0.4, -0.2) is 32.0 Å². The van der Waals surface area contributed by atoms with Gasteiger partial charge in [-0.05, 0) is 42.5 Å². The van der Waals surface area contributed by atoms with Gasteiger partial charge in [0.2, 0.25) is 11.7 Å². The minimum atomic E-state index is -0.318. The maximum atomic E-state index is 12.9. The molecule has 0 aliphatic heterocycles. The van der Waals surface area contributed by atoms with Gasteiger partial charge in [0.1, 0.15) is 0 Å². The van der Waals surface area contributed by atoms with Gasteiger partial charge in [-0.15, -0.1) is 10.2 Å². The van der Waals surface area contributed by atoms with E-state index in [0.717, 1.165) is 12.0 Å². The summed E-state index contributed by atoms with van der Waals surface area (Å²) in [6.07, 6.45) is 8.84. The highest BCUT2D eigenvalue weighted by molar-refractivity contribution is 8.00. The third-order valence-electron chi connectivity index (χ3n) is 5.42. The maximum Gasteiger partial charge on any atom is 0.233 e. The first-order valence-corrected chi connectivity index (χ1v) is 11.8. The number of hydrogen-bond acceptors (Lipinski definition) is 5. The van der Waals surface area contributed by atoms with Gasteiger partial charge in [0.15, 0.2) is 10.9 Å². The van der Waals surface area contributed by atoms with Crippen LogP contribution in [0.1, 0.15) is 32.8 Å². The highest BCUT2D eigenvalue weighted by atomic mass is 32.2. The van der Waals surface area contributed by atoms with Crippen LogP contribution in [0.15, 0.2) is 82.1 Å². The number of carbonyl (C=O) groups excluding carboxylic acids is 1. The zero-order chi connectivity index (χ0) is 22.5. The molecule has 2 heterocycles. The second-order valence-electron chi connectivity index (χ2n) is 8.18. The molecule has 1 aliphatic carbocycles. The molecule has 2 aromatic heterocycles. The van der Waals surface area contributed by atoms with E-state index in [-0.39, 0.29) is 17.2 Å². The highest BCUT2D eigenvalue weighted by Gasteiger charge is 2.23. The van der Waals surface area contributed by atoms with E-state index < -0.39 is 0 Å². The molecule has 0 bridgehead atoms. The van der Waals surface area contributed by atoms with Gasteiger partial charge in [0, 0.05) is 0 Å². The van der Waals surface area contributed by atoms with Crippen molar-refractivity contribution < 1.29 is 9.21 Å². The molecular formula is C25H28N4O2S. The van der Waals surface area contributed by atoms with Gasteiger partial charge in [-0.25, -0.2) is 0 Å². The number of furan rings is 1. The Hall–Kier alpha value is -3.06. The van der Waals surface area contributed by atoms with E-state index in [0.29, 0.717) is 29.2 Å². The topological polar surface area (TPSA) is 73.0 Å². The summed E-state index contributed by atoms with van der Waals surface area (Å²) in [6, 6.07) is 13.8. The summed E-state index contributed by atoms with van der Waals surface area (Å²) in [7, 11) is 0. The number of allylic oxidation sites excluding steroid dienone is 2. The van der Waals surface area contributed by atoms with E-state index in [1.165, 1.54) is 17.3 Å². The Morgan fingerprint density at radius 2 is 2.00 bits per heavy atom. The second kappa shape index (κ2) is 10.0. The Balaban J connectivity index is 1.47. The van der Waals surface area contributed by atoms with Crippen molar-refractivity contribution in [2.45, 2.75) is 50.2 Å². The van der Waals surface area contributed by atoms with Gasteiger partial charge in [-0.3, -0.25) is 9.36 Å². The van der Waals surface area contributed by atoms with Gasteiger partial charge < -0.3 is 9.73 Å². The van der Waals surface area contributed by atoms with Gasteiger partial charge >= 0.3 is 0 Å². The fraction of sp³-hybridized carbons (Fsp3) is 0.320. The number of thioether (sulfide) groups is 1. The van der Waals surface area contributed by atoms with E-state index in [4.69, 9.17) is 4.42 Å². The first-order chi connectivity index (χ1) is 15.5. The molecule has 2 atom stereocenters. The summed E-state index contributed by atoms with van der Waals surface area (Å²) in [6.45, 7) is 6.84. The van der Waals surface area contributed by atoms with Crippen molar-refractivity contribution in [3.63, 3.8) is 0 Å². The van der Waals surface area contributed by atoms with Crippen molar-refractivity contribution >= 4 is 17.7 Å². The van der Waals surface area contributed by atoms with Crippen LogP contribution in [0, 0.1) is 5.92 Å². The van der Waals surface area contributed by atoms with Crippen LogP contribution < -0.4 is 5.32 Å². The Labute approximate surface area is 192 Å². The molecule has 1 amide bonds. The summed E-state index contributed by atoms with van der Waals surface area (Å²) >= 11 is 1.41. The fourth-order valence-electron chi connectivity index (χ4n) is 3.56.